The Labute approximate surface area is 254 Å². The van der Waals surface area contributed by atoms with Gasteiger partial charge in [-0.25, -0.2) is 12.8 Å². The number of aliphatic hydroxyl groups is 1. The van der Waals surface area contributed by atoms with E-state index in [1.54, 1.807) is 24.3 Å². The number of carbonyl (C=O) groups is 1. The third-order valence-corrected chi connectivity index (χ3v) is 10.2. The molecule has 1 aliphatic carbocycles. The molecule has 3 aromatic carbocycles. The second-order valence-corrected chi connectivity index (χ2v) is 14.3. The average Bonchev–Trinajstić information content (AvgIpc) is 3.36. The van der Waals surface area contributed by atoms with Crippen LogP contribution in [0.4, 0.5) is 4.39 Å². The molecule has 9 heteroatoms. The number of rotatable bonds is 14. The van der Waals surface area contributed by atoms with Crippen molar-refractivity contribution in [2.45, 2.75) is 75.8 Å². The number of carboxylic acids is 1. The molecule has 0 saturated heterocycles. The Kier molecular flexibility index (Phi) is 10.4. The molecule has 0 aliphatic heterocycles. The Hall–Kier alpha value is -3.11. The van der Waals surface area contributed by atoms with Gasteiger partial charge in [0.2, 0.25) is 10.0 Å². The van der Waals surface area contributed by atoms with E-state index >= 15 is 0 Å². The van der Waals surface area contributed by atoms with Crippen LogP contribution in [0.1, 0.15) is 55.9 Å². The van der Waals surface area contributed by atoms with Gasteiger partial charge in [-0.15, -0.1) is 0 Å². The van der Waals surface area contributed by atoms with Crippen LogP contribution < -0.4 is 5.32 Å². The van der Waals surface area contributed by atoms with Crippen LogP contribution in [0.3, 0.4) is 0 Å². The smallest absolute Gasteiger partial charge is 0.303 e. The molecule has 1 atom stereocenters. The monoisotopic (exact) mass is 610 g/mol. The number of hydrogen-bond donors (Lipinski definition) is 3. The first-order valence-corrected chi connectivity index (χ1v) is 16.3. The van der Waals surface area contributed by atoms with Gasteiger partial charge in [0.15, 0.2) is 0 Å². The van der Waals surface area contributed by atoms with E-state index in [-0.39, 0.29) is 36.4 Å². The predicted octanol–water partition coefficient (Wildman–Crippen LogP) is 5.23. The van der Waals surface area contributed by atoms with Crippen molar-refractivity contribution in [3.63, 3.8) is 0 Å². The van der Waals surface area contributed by atoms with Crippen molar-refractivity contribution in [2.75, 3.05) is 20.1 Å². The van der Waals surface area contributed by atoms with Crippen LogP contribution in [-0.4, -0.2) is 60.7 Å². The molecule has 0 bridgehead atoms. The Morgan fingerprint density at radius 1 is 1.09 bits per heavy atom. The number of benzene rings is 3. The van der Waals surface area contributed by atoms with Crippen molar-refractivity contribution < 1.29 is 27.8 Å². The summed E-state index contributed by atoms with van der Waals surface area (Å²) in [5.74, 6) is -0.876. The van der Waals surface area contributed by atoms with Gasteiger partial charge in [0.1, 0.15) is 5.82 Å². The lowest BCUT2D eigenvalue weighted by molar-refractivity contribution is -0.136. The lowest BCUT2D eigenvalue weighted by Crippen LogP contribution is -2.47. The van der Waals surface area contributed by atoms with E-state index in [0.717, 1.165) is 19.3 Å². The minimum Gasteiger partial charge on any atom is -0.481 e. The molecule has 232 valence electrons. The van der Waals surface area contributed by atoms with Gasteiger partial charge in [-0.2, -0.15) is 4.31 Å². The number of fused-ring (bicyclic) bond motifs is 1. The Bertz CT molecular complexity index is 1530. The minimum atomic E-state index is -3.93. The number of aryl methyl sites for hydroxylation is 2. The summed E-state index contributed by atoms with van der Waals surface area (Å²) >= 11 is 0. The molecule has 3 N–H and O–H groups in total. The zero-order chi connectivity index (χ0) is 31.4. The maximum absolute atomic E-state index is 14.8. The molecule has 0 unspecified atom stereocenters. The molecule has 0 saturated carbocycles. The van der Waals surface area contributed by atoms with Gasteiger partial charge in [0.05, 0.1) is 11.0 Å². The normalized spacial score (nSPS) is 14.7. The third kappa shape index (κ3) is 8.29. The Morgan fingerprint density at radius 2 is 1.77 bits per heavy atom. The Morgan fingerprint density at radius 3 is 2.40 bits per heavy atom. The summed E-state index contributed by atoms with van der Waals surface area (Å²) in [5, 5.41) is 23.2. The van der Waals surface area contributed by atoms with Crippen LogP contribution in [0.2, 0.25) is 0 Å². The topological polar surface area (TPSA) is 107 Å². The van der Waals surface area contributed by atoms with Crippen LogP contribution in [0.25, 0.3) is 11.1 Å². The standard InChI is InChI=1S/C34H43FN2O5S/c1-5-25-19-28(30-18-23(10-13-31(30)35)11-15-33(39)40)12-14-32(25)43(41,42)37(4)22-29(38)21-36-34(2,3)20-24-16-26-8-6-7-9-27(26)17-24/h6-10,12-14,18-19,24,29,36,38H,5,11,15-17,20-22H2,1-4H3,(H,39,40)/t29-/m1/s1. The number of aliphatic carboxylic acids is 1. The van der Waals surface area contributed by atoms with E-state index in [0.29, 0.717) is 34.6 Å². The minimum absolute atomic E-state index is 0.0665. The number of halogens is 1. The molecule has 0 fully saturated rings. The largest absolute Gasteiger partial charge is 0.481 e. The van der Waals surface area contributed by atoms with E-state index in [1.165, 1.54) is 34.6 Å². The first-order chi connectivity index (χ1) is 20.3. The number of carboxylic acid groups (broad SMARTS) is 1. The molecule has 43 heavy (non-hydrogen) atoms. The zero-order valence-electron chi connectivity index (χ0n) is 25.4. The van der Waals surface area contributed by atoms with E-state index in [9.17, 15) is 22.7 Å². The summed E-state index contributed by atoms with van der Waals surface area (Å²) in [6.45, 7) is 6.24. The number of β-amino-alcohol motifs (C(OH)–C–C–N with tert-alkyl or cyclic N) is 1. The van der Waals surface area contributed by atoms with E-state index < -0.39 is 27.9 Å². The van der Waals surface area contributed by atoms with Gasteiger partial charge in [-0.3, -0.25) is 4.79 Å². The number of nitrogens with zero attached hydrogens (tertiary/aromatic N) is 1. The van der Waals surface area contributed by atoms with E-state index in [2.05, 4.69) is 43.4 Å². The van der Waals surface area contributed by atoms with Crippen molar-refractivity contribution in [3.8, 4) is 11.1 Å². The Balaban J connectivity index is 1.39. The number of likely N-dealkylation sites (N-methyl/N-ethyl adjacent to an activating group) is 1. The summed E-state index contributed by atoms with van der Waals surface area (Å²) < 4.78 is 43.1. The van der Waals surface area contributed by atoms with Crippen molar-refractivity contribution in [3.05, 3.63) is 88.7 Å². The maximum atomic E-state index is 14.8. The van der Waals surface area contributed by atoms with Crippen LogP contribution >= 0.6 is 0 Å². The van der Waals surface area contributed by atoms with Crippen molar-refractivity contribution >= 4 is 16.0 Å². The molecule has 1 aliphatic rings. The van der Waals surface area contributed by atoms with Crippen molar-refractivity contribution in [1.82, 2.24) is 9.62 Å². The number of hydrogen-bond acceptors (Lipinski definition) is 5. The summed E-state index contributed by atoms with van der Waals surface area (Å²) in [4.78, 5) is 11.1. The van der Waals surface area contributed by atoms with Gasteiger partial charge < -0.3 is 15.5 Å². The van der Waals surface area contributed by atoms with Crippen LogP contribution in [-0.2, 0) is 40.5 Å². The fourth-order valence-corrected chi connectivity index (χ4v) is 7.56. The van der Waals surface area contributed by atoms with Crippen molar-refractivity contribution in [1.29, 1.82) is 0 Å². The molecule has 0 spiro atoms. The first-order valence-electron chi connectivity index (χ1n) is 14.9. The highest BCUT2D eigenvalue weighted by atomic mass is 32.2. The zero-order valence-corrected chi connectivity index (χ0v) is 26.3. The quantitative estimate of drug-likeness (QED) is 0.231. The molecule has 4 rings (SSSR count). The molecular formula is C34H43FN2O5S. The van der Waals surface area contributed by atoms with Crippen molar-refractivity contribution in [2.24, 2.45) is 5.92 Å². The predicted molar refractivity (Wildman–Crippen MR) is 167 cm³/mol. The maximum Gasteiger partial charge on any atom is 0.303 e. The molecule has 0 aromatic heterocycles. The summed E-state index contributed by atoms with van der Waals surface area (Å²) in [5.41, 5.74) is 4.62. The van der Waals surface area contributed by atoms with Crippen LogP contribution in [0, 0.1) is 11.7 Å². The number of aliphatic hydroxyl groups excluding tert-OH is 1. The van der Waals surface area contributed by atoms with Gasteiger partial charge in [-0.05, 0) is 104 Å². The lowest BCUT2D eigenvalue weighted by Gasteiger charge is -2.31. The van der Waals surface area contributed by atoms with Gasteiger partial charge in [0.25, 0.3) is 0 Å². The summed E-state index contributed by atoms with van der Waals surface area (Å²) in [7, 11) is -2.47. The highest BCUT2D eigenvalue weighted by Gasteiger charge is 2.30. The van der Waals surface area contributed by atoms with E-state index in [4.69, 9.17) is 5.11 Å². The summed E-state index contributed by atoms with van der Waals surface area (Å²) in [6.07, 6.45) is 2.73. The molecule has 7 nitrogen and oxygen atoms in total. The highest BCUT2D eigenvalue weighted by Crippen LogP contribution is 2.32. The lowest BCUT2D eigenvalue weighted by atomic mass is 9.88. The SMILES string of the molecule is CCc1cc(-c2cc(CCC(=O)O)ccc2F)ccc1S(=O)(=O)N(C)C[C@H](O)CNC(C)(C)CC1Cc2ccccc2C1. The molecule has 3 aromatic rings. The molecule has 0 amide bonds. The average molecular weight is 611 g/mol. The van der Waals surface area contributed by atoms with E-state index in [1.807, 2.05) is 6.92 Å². The highest BCUT2D eigenvalue weighted by molar-refractivity contribution is 7.89. The van der Waals surface area contributed by atoms with Gasteiger partial charge in [0, 0.05) is 37.7 Å². The second-order valence-electron chi connectivity index (χ2n) is 12.3. The molecule has 0 heterocycles. The molecular weight excluding hydrogens is 567 g/mol. The third-order valence-electron chi connectivity index (χ3n) is 8.32. The van der Waals surface area contributed by atoms with Crippen LogP contribution in [0.5, 0.6) is 0 Å². The molecule has 0 radical (unpaired) electrons. The fraction of sp³-hybridized carbons (Fsp3) is 0.441. The number of nitrogens with one attached hydrogen (secondary N) is 1. The van der Waals surface area contributed by atoms with Gasteiger partial charge in [-0.1, -0.05) is 43.3 Å². The summed E-state index contributed by atoms with van der Waals surface area (Å²) in [6, 6.07) is 17.7. The first kappa shape index (κ1) is 32.8. The fourth-order valence-electron chi connectivity index (χ4n) is 6.08. The number of sulfonamides is 1. The van der Waals surface area contributed by atoms with Crippen LogP contribution in [0.15, 0.2) is 65.6 Å². The van der Waals surface area contributed by atoms with Gasteiger partial charge >= 0.3 is 5.97 Å². The second kappa shape index (κ2) is 13.7.